The zero-order valence-electron chi connectivity index (χ0n) is 15.2. The summed E-state index contributed by atoms with van der Waals surface area (Å²) in [6.07, 6.45) is 3.00. The van der Waals surface area contributed by atoms with E-state index >= 15 is 0 Å². The Kier molecular flexibility index (Phi) is 6.96. The molecule has 25 heavy (non-hydrogen) atoms. The summed E-state index contributed by atoms with van der Waals surface area (Å²) in [5, 5.41) is 13.6. The number of amides is 2. The molecule has 0 radical (unpaired) electrons. The van der Waals surface area contributed by atoms with Gasteiger partial charge in [-0.2, -0.15) is 0 Å². The molecular formula is C19H29N3O3. The van der Waals surface area contributed by atoms with Gasteiger partial charge in [0.1, 0.15) is 0 Å². The summed E-state index contributed by atoms with van der Waals surface area (Å²) < 4.78 is 0. The first-order valence-electron chi connectivity index (χ1n) is 8.89. The summed E-state index contributed by atoms with van der Waals surface area (Å²) >= 11 is 0. The first-order chi connectivity index (χ1) is 11.9. The minimum atomic E-state index is -1.41. The van der Waals surface area contributed by atoms with Crippen molar-refractivity contribution < 1.29 is 14.7 Å². The van der Waals surface area contributed by atoms with E-state index in [4.69, 9.17) is 0 Å². The summed E-state index contributed by atoms with van der Waals surface area (Å²) in [5.74, 6) is -0.303. The number of nitrogens with zero attached hydrogens (tertiary/aromatic N) is 2. The van der Waals surface area contributed by atoms with E-state index in [1.165, 1.54) is 10.5 Å². The van der Waals surface area contributed by atoms with Crippen LogP contribution in [0.2, 0.25) is 0 Å². The largest absolute Gasteiger partial charge is 0.379 e. The molecule has 2 N–H and O–H groups in total. The highest BCUT2D eigenvalue weighted by Crippen LogP contribution is 2.22. The van der Waals surface area contributed by atoms with E-state index in [9.17, 15) is 14.7 Å². The molecule has 6 nitrogen and oxygen atoms in total. The molecule has 1 saturated heterocycles. The lowest BCUT2D eigenvalue weighted by molar-refractivity contribution is -0.156. The Hall–Kier alpha value is -1.92. The maximum atomic E-state index is 12.6. The molecular weight excluding hydrogens is 318 g/mol. The second-order valence-corrected chi connectivity index (χ2v) is 6.91. The van der Waals surface area contributed by atoms with Gasteiger partial charge in [-0.25, -0.2) is 0 Å². The van der Waals surface area contributed by atoms with Gasteiger partial charge in [0.15, 0.2) is 5.60 Å². The second-order valence-electron chi connectivity index (χ2n) is 6.91. The van der Waals surface area contributed by atoms with Gasteiger partial charge in [0.2, 0.25) is 5.91 Å². The van der Waals surface area contributed by atoms with Gasteiger partial charge in [-0.1, -0.05) is 30.3 Å². The highest BCUT2D eigenvalue weighted by Gasteiger charge is 2.41. The van der Waals surface area contributed by atoms with Crippen molar-refractivity contribution in [2.24, 2.45) is 0 Å². The molecule has 0 spiro atoms. The van der Waals surface area contributed by atoms with Gasteiger partial charge in [-0.15, -0.1) is 0 Å². The van der Waals surface area contributed by atoms with Crippen LogP contribution in [0.3, 0.4) is 0 Å². The predicted molar refractivity (Wildman–Crippen MR) is 97.1 cm³/mol. The molecule has 1 aromatic carbocycles. The molecule has 1 atom stereocenters. The Labute approximate surface area is 149 Å². The van der Waals surface area contributed by atoms with Crippen molar-refractivity contribution in [2.75, 3.05) is 40.3 Å². The normalized spacial score (nSPS) is 20.6. The number of aryl methyl sites for hydroxylation is 1. The molecule has 0 saturated carbocycles. The van der Waals surface area contributed by atoms with Crippen LogP contribution in [0, 0.1) is 0 Å². The molecule has 2 rings (SSSR count). The Morgan fingerprint density at radius 3 is 2.72 bits per heavy atom. The van der Waals surface area contributed by atoms with E-state index in [1.807, 2.05) is 18.2 Å². The number of hydrogen-bond acceptors (Lipinski definition) is 4. The van der Waals surface area contributed by atoms with Crippen molar-refractivity contribution in [2.45, 2.75) is 31.3 Å². The highest BCUT2D eigenvalue weighted by atomic mass is 16.3. The monoisotopic (exact) mass is 347 g/mol. The van der Waals surface area contributed by atoms with Crippen LogP contribution >= 0.6 is 0 Å². The third-order valence-electron chi connectivity index (χ3n) is 4.63. The molecule has 1 aliphatic rings. The number of likely N-dealkylation sites (tertiary alicyclic amines) is 1. The maximum absolute atomic E-state index is 12.6. The zero-order chi connectivity index (χ0) is 18.3. The number of aliphatic hydroxyl groups is 1. The summed E-state index contributed by atoms with van der Waals surface area (Å²) in [6, 6.07) is 10.2. The van der Waals surface area contributed by atoms with Crippen LogP contribution < -0.4 is 5.32 Å². The molecule has 0 bridgehead atoms. The molecule has 0 aliphatic carbocycles. The first-order valence-corrected chi connectivity index (χ1v) is 8.89. The quantitative estimate of drug-likeness (QED) is 0.724. The molecule has 0 unspecified atom stereocenters. The van der Waals surface area contributed by atoms with Crippen LogP contribution in [-0.4, -0.2) is 72.6 Å². The minimum absolute atomic E-state index is 0.0772. The average Bonchev–Trinajstić information content (AvgIpc) is 2.59. The van der Waals surface area contributed by atoms with Gasteiger partial charge in [0.25, 0.3) is 5.91 Å². The SMILES string of the molecule is CN(C)C(=O)CNC[C@@]1(O)CCCN(CCCc2ccccc2)C1=O. The number of carbonyl (C=O) groups excluding carboxylic acids is 2. The summed E-state index contributed by atoms with van der Waals surface area (Å²) in [7, 11) is 3.36. The number of rotatable bonds is 8. The third kappa shape index (κ3) is 5.54. The van der Waals surface area contributed by atoms with Gasteiger partial charge >= 0.3 is 0 Å². The smallest absolute Gasteiger partial charge is 0.255 e. The van der Waals surface area contributed by atoms with Gasteiger partial charge in [-0.05, 0) is 31.2 Å². The Balaban J connectivity index is 1.81. The zero-order valence-corrected chi connectivity index (χ0v) is 15.2. The van der Waals surface area contributed by atoms with E-state index in [-0.39, 0.29) is 24.9 Å². The molecule has 6 heteroatoms. The van der Waals surface area contributed by atoms with Crippen molar-refractivity contribution in [3.63, 3.8) is 0 Å². The second kappa shape index (κ2) is 8.97. The Morgan fingerprint density at radius 1 is 1.32 bits per heavy atom. The topological polar surface area (TPSA) is 72.9 Å². The van der Waals surface area contributed by atoms with Crippen molar-refractivity contribution in [1.29, 1.82) is 0 Å². The van der Waals surface area contributed by atoms with Crippen LogP contribution in [0.4, 0.5) is 0 Å². The first kappa shape index (κ1) is 19.4. The lowest BCUT2D eigenvalue weighted by Crippen LogP contribution is -2.58. The van der Waals surface area contributed by atoms with Crippen molar-refractivity contribution >= 4 is 11.8 Å². The Morgan fingerprint density at radius 2 is 2.04 bits per heavy atom. The minimum Gasteiger partial charge on any atom is -0.379 e. The van der Waals surface area contributed by atoms with Crippen LogP contribution in [0.1, 0.15) is 24.8 Å². The summed E-state index contributed by atoms with van der Waals surface area (Å²) in [5.41, 5.74) is -0.150. The van der Waals surface area contributed by atoms with Crippen molar-refractivity contribution in [1.82, 2.24) is 15.1 Å². The maximum Gasteiger partial charge on any atom is 0.255 e. The molecule has 1 aromatic rings. The van der Waals surface area contributed by atoms with Crippen LogP contribution in [0.15, 0.2) is 30.3 Å². The number of benzene rings is 1. The predicted octanol–water partition coefficient (Wildman–Crippen LogP) is 0.651. The molecule has 1 aliphatic heterocycles. The standard InChI is InChI=1S/C19H29N3O3/c1-21(2)17(23)14-20-15-19(25)11-7-13-22(18(19)24)12-6-10-16-8-4-3-5-9-16/h3-5,8-9,20,25H,6-7,10-15H2,1-2H3/t19-/m0/s1. The fraction of sp³-hybridized carbons (Fsp3) is 0.579. The van der Waals surface area contributed by atoms with Crippen molar-refractivity contribution in [3.8, 4) is 0 Å². The molecule has 138 valence electrons. The van der Waals surface area contributed by atoms with E-state index in [2.05, 4.69) is 17.4 Å². The molecule has 1 heterocycles. The number of likely N-dealkylation sites (N-methyl/N-ethyl adjacent to an activating group) is 1. The molecule has 1 fully saturated rings. The van der Waals surface area contributed by atoms with Gasteiger partial charge < -0.3 is 20.2 Å². The molecule has 2 amide bonds. The number of nitrogens with one attached hydrogen (secondary N) is 1. The Bertz CT molecular complexity index is 577. The van der Waals surface area contributed by atoms with Crippen molar-refractivity contribution in [3.05, 3.63) is 35.9 Å². The van der Waals surface area contributed by atoms with Gasteiger partial charge in [0, 0.05) is 33.7 Å². The van der Waals surface area contributed by atoms with E-state index in [0.717, 1.165) is 19.3 Å². The third-order valence-corrected chi connectivity index (χ3v) is 4.63. The van der Waals surface area contributed by atoms with Gasteiger partial charge in [0.05, 0.1) is 6.54 Å². The lowest BCUT2D eigenvalue weighted by atomic mass is 9.91. The number of piperidine rings is 1. The van der Waals surface area contributed by atoms with Crippen LogP contribution in [-0.2, 0) is 16.0 Å². The van der Waals surface area contributed by atoms with Crippen LogP contribution in [0.5, 0.6) is 0 Å². The van der Waals surface area contributed by atoms with E-state index in [0.29, 0.717) is 19.5 Å². The van der Waals surface area contributed by atoms with Crippen LogP contribution in [0.25, 0.3) is 0 Å². The van der Waals surface area contributed by atoms with Gasteiger partial charge in [-0.3, -0.25) is 9.59 Å². The summed E-state index contributed by atoms with van der Waals surface area (Å²) in [4.78, 5) is 27.5. The van der Waals surface area contributed by atoms with E-state index in [1.54, 1.807) is 19.0 Å². The summed E-state index contributed by atoms with van der Waals surface area (Å²) in [6.45, 7) is 1.57. The number of hydrogen-bond donors (Lipinski definition) is 2. The van der Waals surface area contributed by atoms with E-state index < -0.39 is 5.60 Å². The average molecular weight is 347 g/mol. The highest BCUT2D eigenvalue weighted by molar-refractivity contribution is 5.86. The molecule has 0 aromatic heterocycles. The fourth-order valence-corrected chi connectivity index (χ4v) is 3.10. The fourth-order valence-electron chi connectivity index (χ4n) is 3.10. The lowest BCUT2D eigenvalue weighted by Gasteiger charge is -2.38. The number of carbonyl (C=O) groups is 2.